The van der Waals surface area contributed by atoms with Crippen molar-refractivity contribution in [2.24, 2.45) is 11.7 Å². The first-order valence-corrected chi connectivity index (χ1v) is 8.25. The molecule has 0 heterocycles. The van der Waals surface area contributed by atoms with Crippen LogP contribution in [0.5, 0.6) is 11.5 Å². The average molecular weight is 320 g/mol. The SMILES string of the molecule is COc1ccc(CCNC(=O)C2CCCCC2(C)N)cc1OC. The molecule has 2 rings (SSSR count). The third-order valence-electron chi connectivity index (χ3n) is 4.73. The second kappa shape index (κ2) is 7.68. The summed E-state index contributed by atoms with van der Waals surface area (Å²) >= 11 is 0. The van der Waals surface area contributed by atoms with Gasteiger partial charge in [0.05, 0.1) is 20.1 Å². The molecule has 1 aromatic carbocycles. The Kier molecular flexibility index (Phi) is 5.88. The van der Waals surface area contributed by atoms with E-state index in [9.17, 15) is 4.79 Å². The molecule has 1 amide bonds. The zero-order chi connectivity index (χ0) is 16.9. The zero-order valence-electron chi connectivity index (χ0n) is 14.4. The molecule has 5 nitrogen and oxygen atoms in total. The average Bonchev–Trinajstić information content (AvgIpc) is 2.54. The first-order valence-electron chi connectivity index (χ1n) is 8.25. The van der Waals surface area contributed by atoms with Crippen LogP contribution in [-0.2, 0) is 11.2 Å². The molecule has 2 unspecified atom stereocenters. The largest absolute Gasteiger partial charge is 0.493 e. The van der Waals surface area contributed by atoms with Crippen molar-refractivity contribution in [2.75, 3.05) is 20.8 Å². The van der Waals surface area contributed by atoms with Gasteiger partial charge in [-0.1, -0.05) is 18.9 Å². The minimum atomic E-state index is -0.383. The Morgan fingerprint density at radius 3 is 2.70 bits per heavy atom. The smallest absolute Gasteiger partial charge is 0.224 e. The van der Waals surface area contributed by atoms with Crippen molar-refractivity contribution in [1.29, 1.82) is 0 Å². The maximum absolute atomic E-state index is 12.4. The molecule has 2 atom stereocenters. The normalized spacial score (nSPS) is 24.1. The van der Waals surface area contributed by atoms with Crippen LogP contribution in [-0.4, -0.2) is 32.2 Å². The Hall–Kier alpha value is -1.75. The monoisotopic (exact) mass is 320 g/mol. The number of hydrogen-bond donors (Lipinski definition) is 2. The summed E-state index contributed by atoms with van der Waals surface area (Å²) in [6, 6.07) is 5.81. The van der Waals surface area contributed by atoms with Crippen LogP contribution in [0.25, 0.3) is 0 Å². The molecule has 1 fully saturated rings. The number of amides is 1. The molecular formula is C18H28N2O3. The van der Waals surface area contributed by atoms with E-state index in [4.69, 9.17) is 15.2 Å². The third kappa shape index (κ3) is 4.38. The van der Waals surface area contributed by atoms with Gasteiger partial charge < -0.3 is 20.5 Å². The summed E-state index contributed by atoms with van der Waals surface area (Å²) in [5.41, 5.74) is 7.00. The lowest BCUT2D eigenvalue weighted by atomic mass is 9.74. The van der Waals surface area contributed by atoms with E-state index in [0.717, 1.165) is 37.7 Å². The van der Waals surface area contributed by atoms with E-state index in [1.54, 1.807) is 14.2 Å². The Morgan fingerprint density at radius 1 is 1.30 bits per heavy atom. The van der Waals surface area contributed by atoms with Gasteiger partial charge in [0.15, 0.2) is 11.5 Å². The van der Waals surface area contributed by atoms with Gasteiger partial charge in [-0.2, -0.15) is 0 Å². The quantitative estimate of drug-likeness (QED) is 0.843. The number of nitrogens with one attached hydrogen (secondary N) is 1. The van der Waals surface area contributed by atoms with Crippen LogP contribution in [0.3, 0.4) is 0 Å². The third-order valence-corrected chi connectivity index (χ3v) is 4.73. The lowest BCUT2D eigenvalue weighted by Gasteiger charge is -2.37. The van der Waals surface area contributed by atoms with Gasteiger partial charge in [-0.05, 0) is 43.9 Å². The van der Waals surface area contributed by atoms with E-state index in [2.05, 4.69) is 5.32 Å². The molecule has 0 spiro atoms. The topological polar surface area (TPSA) is 73.6 Å². The van der Waals surface area contributed by atoms with Crippen LogP contribution in [0, 0.1) is 5.92 Å². The summed E-state index contributed by atoms with van der Waals surface area (Å²) in [5.74, 6) is 1.41. The van der Waals surface area contributed by atoms with Crippen molar-refractivity contribution in [3.8, 4) is 11.5 Å². The highest BCUT2D eigenvalue weighted by Gasteiger charge is 2.37. The first kappa shape index (κ1) is 17.6. The number of rotatable bonds is 6. The van der Waals surface area contributed by atoms with Gasteiger partial charge in [-0.25, -0.2) is 0 Å². The molecule has 0 radical (unpaired) electrons. The van der Waals surface area contributed by atoms with Crippen molar-refractivity contribution < 1.29 is 14.3 Å². The van der Waals surface area contributed by atoms with Crippen molar-refractivity contribution in [3.05, 3.63) is 23.8 Å². The summed E-state index contributed by atoms with van der Waals surface area (Å²) in [6.45, 7) is 2.59. The molecule has 0 bridgehead atoms. The van der Waals surface area contributed by atoms with E-state index in [1.165, 1.54) is 0 Å². The van der Waals surface area contributed by atoms with Crippen molar-refractivity contribution in [1.82, 2.24) is 5.32 Å². The number of hydrogen-bond acceptors (Lipinski definition) is 4. The van der Waals surface area contributed by atoms with E-state index >= 15 is 0 Å². The van der Waals surface area contributed by atoms with Gasteiger partial charge in [0, 0.05) is 12.1 Å². The minimum absolute atomic E-state index is 0.0789. The Morgan fingerprint density at radius 2 is 2.04 bits per heavy atom. The van der Waals surface area contributed by atoms with Crippen LogP contribution < -0.4 is 20.5 Å². The van der Waals surface area contributed by atoms with Crippen LogP contribution in [0.1, 0.15) is 38.2 Å². The number of nitrogens with two attached hydrogens (primary N) is 1. The summed E-state index contributed by atoms with van der Waals surface area (Å²) in [7, 11) is 3.24. The van der Waals surface area contributed by atoms with Crippen LogP contribution in [0.2, 0.25) is 0 Å². The molecule has 5 heteroatoms. The van der Waals surface area contributed by atoms with Gasteiger partial charge >= 0.3 is 0 Å². The molecule has 3 N–H and O–H groups in total. The van der Waals surface area contributed by atoms with Crippen molar-refractivity contribution in [2.45, 2.75) is 44.6 Å². The molecule has 1 aliphatic rings. The summed E-state index contributed by atoms with van der Waals surface area (Å²) in [6.07, 6.45) is 4.75. The highest BCUT2D eigenvalue weighted by molar-refractivity contribution is 5.80. The molecular weight excluding hydrogens is 292 g/mol. The molecule has 0 saturated heterocycles. The lowest BCUT2D eigenvalue weighted by Crippen LogP contribution is -2.53. The summed E-state index contributed by atoms with van der Waals surface area (Å²) < 4.78 is 10.5. The van der Waals surface area contributed by atoms with Crippen molar-refractivity contribution >= 4 is 5.91 Å². The predicted octanol–water partition coefficient (Wildman–Crippen LogP) is 2.27. The second-order valence-corrected chi connectivity index (χ2v) is 6.53. The maximum Gasteiger partial charge on any atom is 0.224 e. The maximum atomic E-state index is 12.4. The molecule has 1 aromatic rings. The van der Waals surface area contributed by atoms with Gasteiger partial charge in [-0.15, -0.1) is 0 Å². The Bertz CT molecular complexity index is 543. The second-order valence-electron chi connectivity index (χ2n) is 6.53. The molecule has 23 heavy (non-hydrogen) atoms. The molecule has 1 saturated carbocycles. The highest BCUT2D eigenvalue weighted by atomic mass is 16.5. The molecule has 1 aliphatic carbocycles. The van der Waals surface area contributed by atoms with E-state index < -0.39 is 0 Å². The molecule has 0 aliphatic heterocycles. The fourth-order valence-electron chi connectivity index (χ4n) is 3.28. The minimum Gasteiger partial charge on any atom is -0.493 e. The van der Waals surface area contributed by atoms with Gasteiger partial charge in [0.2, 0.25) is 5.91 Å². The molecule has 128 valence electrons. The van der Waals surface area contributed by atoms with Crippen LogP contribution in [0.15, 0.2) is 18.2 Å². The van der Waals surface area contributed by atoms with Gasteiger partial charge in [0.1, 0.15) is 0 Å². The number of ether oxygens (including phenoxy) is 2. The summed E-state index contributed by atoms with van der Waals surface area (Å²) in [4.78, 5) is 12.4. The fourth-order valence-corrected chi connectivity index (χ4v) is 3.28. The highest BCUT2D eigenvalue weighted by Crippen LogP contribution is 2.31. The van der Waals surface area contributed by atoms with E-state index in [1.807, 2.05) is 25.1 Å². The summed E-state index contributed by atoms with van der Waals surface area (Å²) in [5, 5.41) is 3.03. The van der Waals surface area contributed by atoms with Crippen LogP contribution in [0.4, 0.5) is 0 Å². The Balaban J connectivity index is 1.88. The van der Waals surface area contributed by atoms with E-state index in [-0.39, 0.29) is 17.4 Å². The number of benzene rings is 1. The van der Waals surface area contributed by atoms with Gasteiger partial charge in [-0.3, -0.25) is 4.79 Å². The number of carbonyl (C=O) groups is 1. The fraction of sp³-hybridized carbons (Fsp3) is 0.611. The van der Waals surface area contributed by atoms with Gasteiger partial charge in [0.25, 0.3) is 0 Å². The standard InChI is InChI=1S/C18H28N2O3/c1-18(19)10-5-4-6-14(18)17(21)20-11-9-13-7-8-15(22-2)16(12-13)23-3/h7-8,12,14H,4-6,9-11,19H2,1-3H3,(H,20,21). The molecule has 0 aromatic heterocycles. The Labute approximate surface area is 138 Å². The number of carbonyl (C=O) groups excluding carboxylic acids is 1. The zero-order valence-corrected chi connectivity index (χ0v) is 14.4. The number of methoxy groups -OCH3 is 2. The lowest BCUT2D eigenvalue weighted by molar-refractivity contribution is -0.128. The van der Waals surface area contributed by atoms with Crippen LogP contribution >= 0.6 is 0 Å². The van der Waals surface area contributed by atoms with E-state index in [0.29, 0.717) is 18.0 Å². The first-order chi connectivity index (χ1) is 11.0. The predicted molar refractivity (Wildman–Crippen MR) is 90.8 cm³/mol. The van der Waals surface area contributed by atoms with Crippen molar-refractivity contribution in [3.63, 3.8) is 0 Å².